The van der Waals surface area contributed by atoms with E-state index in [0.29, 0.717) is 20.2 Å². The van der Waals surface area contributed by atoms with Crippen LogP contribution in [0.4, 0.5) is 11.6 Å². The molecule has 0 aliphatic carbocycles. The maximum Gasteiger partial charge on any atom is 0.225 e. The molecule has 0 bridgehead atoms. The van der Waals surface area contributed by atoms with Crippen molar-refractivity contribution in [2.45, 2.75) is 6.50 Å². The van der Waals surface area contributed by atoms with E-state index in [0.717, 1.165) is 24.3 Å². The molecule has 12 nitrogen and oxygen atoms in total. The first-order valence-electron chi connectivity index (χ1n) is 18.3. The van der Waals surface area contributed by atoms with Crippen molar-refractivity contribution < 1.29 is 34.5 Å². The molecule has 0 saturated carbocycles. The van der Waals surface area contributed by atoms with Crippen LogP contribution in [-0.4, -0.2) is 87.0 Å². The SMILES string of the molecule is [2H]C([2H])([2H])OC([2H])([2H])C([2H])([2H])Oc1ccc(N2C([2H])([2H])CN(C([2H])([2H])C([2H])([2H])n3ncc4c3nc(N)n3nc(-c5ccco5)nc43)CC2([2H])[2H])cc1. The minimum absolute atomic E-state index is 0.114. The standard InChI is InChI=1S/C25H29N9O3/c1-35-15-16-36-19-6-4-18(5-7-19)32-11-8-31(9-12-32)10-13-33-23-20(17-27-33)24-28-22(21-3-2-14-37-21)30-34(24)25(26)29-23/h2-7,14,17H,8-13,15-16H2,1H3,(H2,26,29)/i1D3,10D2,11D2,12D2,13D2,15D2,16D2. The maximum atomic E-state index is 8.90. The number of furan rings is 1. The summed E-state index contributed by atoms with van der Waals surface area (Å²) >= 11 is 0. The Balaban J connectivity index is 1.26. The highest BCUT2D eigenvalue weighted by Crippen LogP contribution is 2.24. The minimum Gasteiger partial charge on any atom is -0.491 e. The van der Waals surface area contributed by atoms with E-state index in [-0.39, 0.29) is 39.9 Å². The summed E-state index contributed by atoms with van der Waals surface area (Å²) in [6.07, 6.45) is 2.61. The molecular weight excluding hydrogens is 474 g/mol. The highest BCUT2D eigenvalue weighted by atomic mass is 16.5. The topological polar surface area (TPSA) is 125 Å². The highest BCUT2D eigenvalue weighted by molar-refractivity contribution is 5.90. The second-order valence-electron chi connectivity index (χ2n) is 7.55. The molecule has 1 aliphatic rings. The number of nitrogens with two attached hydrogens (primary N) is 1. The molecule has 0 unspecified atom stereocenters. The van der Waals surface area contributed by atoms with Gasteiger partial charge < -0.3 is 24.5 Å². The Morgan fingerprint density at radius 2 is 1.97 bits per heavy atom. The molecule has 192 valence electrons. The van der Waals surface area contributed by atoms with Crippen molar-refractivity contribution in [1.29, 1.82) is 0 Å². The Morgan fingerprint density at radius 1 is 1.11 bits per heavy atom. The first-order valence-corrected chi connectivity index (χ1v) is 10.8. The minimum atomic E-state index is -3.43. The first-order chi connectivity index (χ1) is 23.8. The molecule has 4 aromatic heterocycles. The zero-order valence-electron chi connectivity index (χ0n) is 33.9. The zero-order chi connectivity index (χ0) is 38.4. The summed E-state index contributed by atoms with van der Waals surface area (Å²) < 4.78 is 140. The van der Waals surface area contributed by atoms with Crippen molar-refractivity contribution in [3.05, 3.63) is 48.9 Å². The largest absolute Gasteiger partial charge is 0.491 e. The lowest BCUT2D eigenvalue weighted by Gasteiger charge is -2.36. The Hall–Kier alpha value is -4.16. The molecule has 1 aromatic carbocycles. The van der Waals surface area contributed by atoms with Crippen LogP contribution in [0.25, 0.3) is 28.3 Å². The van der Waals surface area contributed by atoms with E-state index in [1.165, 1.54) is 17.0 Å². The van der Waals surface area contributed by atoms with E-state index >= 15 is 0 Å². The number of rotatable bonds is 9. The first kappa shape index (κ1) is 11.9. The molecule has 0 amide bonds. The van der Waals surface area contributed by atoms with Crippen LogP contribution in [0.1, 0.15) is 20.6 Å². The van der Waals surface area contributed by atoms with Gasteiger partial charge in [-0.2, -0.15) is 14.6 Å². The number of aromatic nitrogens is 6. The van der Waals surface area contributed by atoms with E-state index in [1.54, 1.807) is 12.1 Å². The number of aryl methyl sites for hydroxylation is 1. The summed E-state index contributed by atoms with van der Waals surface area (Å²) in [7, 11) is -3.29. The second-order valence-corrected chi connectivity index (χ2v) is 7.55. The number of benzene rings is 1. The van der Waals surface area contributed by atoms with Gasteiger partial charge in [0.1, 0.15) is 12.3 Å². The third-order valence-electron chi connectivity index (χ3n) is 5.28. The molecule has 5 aromatic rings. The Morgan fingerprint density at radius 3 is 2.76 bits per heavy atom. The fourth-order valence-corrected chi connectivity index (χ4v) is 3.57. The fraction of sp³-hybridized carbons (Fsp3) is 0.360. The lowest BCUT2D eigenvalue weighted by Crippen LogP contribution is -2.47. The quantitative estimate of drug-likeness (QED) is 0.310. The number of hydrogen-bond acceptors (Lipinski definition) is 10. The van der Waals surface area contributed by atoms with Crippen molar-refractivity contribution in [2.24, 2.45) is 0 Å². The van der Waals surface area contributed by atoms with Crippen LogP contribution in [0.15, 0.2) is 53.3 Å². The summed E-state index contributed by atoms with van der Waals surface area (Å²) in [5.74, 6) is -0.113. The molecule has 0 atom stereocenters. The molecule has 0 radical (unpaired) electrons. The van der Waals surface area contributed by atoms with Crippen LogP contribution < -0.4 is 15.4 Å². The molecule has 1 fully saturated rings. The van der Waals surface area contributed by atoms with Crippen LogP contribution >= 0.6 is 0 Å². The van der Waals surface area contributed by atoms with Gasteiger partial charge in [-0.25, -0.2) is 9.67 Å². The number of anilines is 2. The predicted octanol–water partition coefficient (Wildman–Crippen LogP) is 2.16. The summed E-state index contributed by atoms with van der Waals surface area (Å²) in [4.78, 5) is 9.95. The van der Waals surface area contributed by atoms with Crippen molar-refractivity contribution in [3.8, 4) is 17.3 Å². The average Bonchev–Trinajstić information content (AvgIpc) is 3.75. The van der Waals surface area contributed by atoms with E-state index in [2.05, 4.69) is 24.9 Å². The van der Waals surface area contributed by atoms with Gasteiger partial charge in [-0.15, -0.1) is 5.10 Å². The third kappa shape index (κ3) is 4.68. The van der Waals surface area contributed by atoms with E-state index in [1.807, 2.05) is 0 Å². The molecular formula is C25H29N9O3. The lowest BCUT2D eigenvalue weighted by atomic mass is 10.2. The van der Waals surface area contributed by atoms with Crippen LogP contribution in [0.3, 0.4) is 0 Å². The van der Waals surface area contributed by atoms with Gasteiger partial charge in [-0.1, -0.05) is 0 Å². The van der Waals surface area contributed by atoms with Crippen molar-refractivity contribution in [1.82, 2.24) is 34.3 Å². The number of nitrogen functional groups attached to an aromatic ring is 1. The Labute approximate surface area is 234 Å². The average molecular weight is 519 g/mol. The van der Waals surface area contributed by atoms with Gasteiger partial charge in [-0.3, -0.25) is 4.90 Å². The second kappa shape index (κ2) is 10.1. The summed E-state index contributed by atoms with van der Waals surface area (Å²) in [6, 6.07) is 7.65. The van der Waals surface area contributed by atoms with Gasteiger partial charge in [0.05, 0.1) is 48.7 Å². The molecule has 2 N–H and O–H groups in total. The van der Waals surface area contributed by atoms with Gasteiger partial charge in [0, 0.05) is 48.0 Å². The van der Waals surface area contributed by atoms with E-state index in [4.69, 9.17) is 35.4 Å². The number of piperazine rings is 1. The van der Waals surface area contributed by atoms with E-state index in [9.17, 15) is 0 Å². The van der Waals surface area contributed by atoms with Crippen molar-refractivity contribution in [3.63, 3.8) is 0 Å². The van der Waals surface area contributed by atoms with Gasteiger partial charge in [0.2, 0.25) is 11.8 Å². The molecule has 5 heterocycles. The smallest absolute Gasteiger partial charge is 0.225 e. The Bertz CT molecular complexity index is 2080. The summed E-state index contributed by atoms with van der Waals surface area (Å²) in [5, 5.41) is 8.46. The van der Waals surface area contributed by atoms with E-state index < -0.39 is 59.2 Å². The molecule has 1 aliphatic heterocycles. The third-order valence-corrected chi connectivity index (χ3v) is 5.28. The van der Waals surface area contributed by atoms with Crippen molar-refractivity contribution in [2.75, 3.05) is 63.4 Å². The van der Waals surface area contributed by atoms with Crippen LogP contribution in [0.5, 0.6) is 5.75 Å². The maximum absolute atomic E-state index is 8.90. The monoisotopic (exact) mass is 518 g/mol. The van der Waals surface area contributed by atoms with Crippen LogP contribution in [0, 0.1) is 0 Å². The predicted molar refractivity (Wildman–Crippen MR) is 139 cm³/mol. The van der Waals surface area contributed by atoms with Gasteiger partial charge in [-0.05, 0) is 36.4 Å². The fourth-order valence-electron chi connectivity index (χ4n) is 3.57. The number of methoxy groups -OCH3 is 1. The van der Waals surface area contributed by atoms with Gasteiger partial charge >= 0.3 is 0 Å². The zero-order valence-corrected chi connectivity index (χ0v) is 18.9. The molecule has 37 heavy (non-hydrogen) atoms. The Kier molecular flexibility index (Phi) is 3.25. The number of nitrogens with zero attached hydrogens (tertiary/aromatic N) is 8. The molecule has 12 heteroatoms. The van der Waals surface area contributed by atoms with Gasteiger partial charge in [0.25, 0.3) is 0 Å². The lowest BCUT2D eigenvalue weighted by molar-refractivity contribution is 0.146. The molecule has 6 rings (SSSR count). The summed E-state index contributed by atoms with van der Waals surface area (Å²) in [6.45, 7) is -20.1. The van der Waals surface area contributed by atoms with Crippen LogP contribution in [-0.2, 0) is 11.2 Å². The summed E-state index contributed by atoms with van der Waals surface area (Å²) in [5.41, 5.74) is 5.90. The molecule has 0 spiro atoms. The normalized spacial score (nSPS) is 25.3. The number of hydrogen-bond donors (Lipinski definition) is 1. The van der Waals surface area contributed by atoms with Crippen molar-refractivity contribution >= 4 is 28.3 Å². The van der Waals surface area contributed by atoms with Crippen LogP contribution in [0.2, 0.25) is 0 Å². The highest BCUT2D eigenvalue weighted by Gasteiger charge is 2.20. The molecule has 1 saturated heterocycles. The number of ether oxygens (including phenoxy) is 2. The number of fused-ring (bicyclic) bond motifs is 3. The van der Waals surface area contributed by atoms with Gasteiger partial charge in [0.15, 0.2) is 17.1 Å².